The van der Waals surface area contributed by atoms with Crippen molar-refractivity contribution < 1.29 is 24.2 Å². The van der Waals surface area contributed by atoms with Gasteiger partial charge in [0.1, 0.15) is 5.82 Å². The summed E-state index contributed by atoms with van der Waals surface area (Å²) in [4.78, 5) is 9.13. The molecule has 1 aromatic carbocycles. The zero-order valence-corrected chi connectivity index (χ0v) is 13.2. The van der Waals surface area contributed by atoms with Gasteiger partial charge in [0.15, 0.2) is 11.5 Å². The quantitative estimate of drug-likeness (QED) is 0.244. The molecule has 0 fully saturated rings. The Morgan fingerprint density at radius 2 is 2.26 bits per heavy atom. The summed E-state index contributed by atoms with van der Waals surface area (Å²) in [6, 6.07) is 4.05. The molecule has 9 nitrogen and oxygen atoms in total. The van der Waals surface area contributed by atoms with Gasteiger partial charge >= 0.3 is 0 Å². The van der Waals surface area contributed by atoms with Crippen molar-refractivity contribution >= 4 is 33.3 Å². The SMILES string of the molecule is OCCCONc1nonc1C(=Nc1ccc(F)c(Br)c1)NO. The summed E-state index contributed by atoms with van der Waals surface area (Å²) in [5.41, 5.74) is 4.75. The number of nitrogens with one attached hydrogen (secondary N) is 2. The third-order valence-corrected chi connectivity index (χ3v) is 3.14. The van der Waals surface area contributed by atoms with Crippen LogP contribution in [-0.2, 0) is 4.84 Å². The minimum Gasteiger partial charge on any atom is -0.396 e. The van der Waals surface area contributed by atoms with Gasteiger partial charge in [-0.2, -0.15) is 0 Å². The monoisotopic (exact) mass is 389 g/mol. The molecule has 0 amide bonds. The Morgan fingerprint density at radius 3 is 2.96 bits per heavy atom. The van der Waals surface area contributed by atoms with Crippen LogP contribution in [0.4, 0.5) is 15.9 Å². The van der Waals surface area contributed by atoms with Gasteiger partial charge in [0, 0.05) is 6.61 Å². The number of benzene rings is 1. The number of rotatable bonds is 7. The normalized spacial score (nSPS) is 11.6. The van der Waals surface area contributed by atoms with Gasteiger partial charge in [-0.25, -0.2) is 19.5 Å². The van der Waals surface area contributed by atoms with Crippen molar-refractivity contribution in [3.63, 3.8) is 0 Å². The molecular weight excluding hydrogens is 377 g/mol. The lowest BCUT2D eigenvalue weighted by Crippen LogP contribution is -2.22. The van der Waals surface area contributed by atoms with Gasteiger partial charge < -0.3 is 5.11 Å². The Hall–Kier alpha value is -2.08. The number of aliphatic hydroxyl groups is 1. The summed E-state index contributed by atoms with van der Waals surface area (Å²) in [5, 5.41) is 25.1. The van der Waals surface area contributed by atoms with Crippen LogP contribution in [0.5, 0.6) is 0 Å². The fourth-order valence-corrected chi connectivity index (χ4v) is 1.85. The van der Waals surface area contributed by atoms with E-state index in [1.54, 1.807) is 0 Å². The molecule has 0 aliphatic carbocycles. The summed E-state index contributed by atoms with van der Waals surface area (Å²) in [5.74, 6) is -0.451. The number of hydroxylamine groups is 1. The Morgan fingerprint density at radius 1 is 1.43 bits per heavy atom. The smallest absolute Gasteiger partial charge is 0.225 e. The zero-order valence-electron chi connectivity index (χ0n) is 11.7. The molecule has 0 spiro atoms. The topological polar surface area (TPSA) is 125 Å². The Bertz CT molecular complexity index is 681. The number of aromatic nitrogens is 2. The van der Waals surface area contributed by atoms with E-state index in [-0.39, 0.29) is 35.0 Å². The molecule has 0 saturated heterocycles. The van der Waals surface area contributed by atoms with Crippen molar-refractivity contribution in [2.24, 2.45) is 4.99 Å². The second-order valence-corrected chi connectivity index (χ2v) is 5.01. The molecule has 0 aliphatic rings. The van der Waals surface area contributed by atoms with Crippen molar-refractivity contribution in [1.29, 1.82) is 0 Å². The zero-order chi connectivity index (χ0) is 16.7. The highest BCUT2D eigenvalue weighted by Gasteiger charge is 2.17. The first kappa shape index (κ1) is 17.3. The van der Waals surface area contributed by atoms with Gasteiger partial charge in [-0.15, -0.1) is 0 Å². The average Bonchev–Trinajstić information content (AvgIpc) is 3.01. The third-order valence-electron chi connectivity index (χ3n) is 2.54. The average molecular weight is 390 g/mol. The van der Waals surface area contributed by atoms with Gasteiger partial charge in [-0.1, -0.05) is 0 Å². The molecule has 0 radical (unpaired) electrons. The van der Waals surface area contributed by atoms with Gasteiger partial charge in [-0.3, -0.25) is 15.5 Å². The van der Waals surface area contributed by atoms with E-state index in [4.69, 9.17) is 9.94 Å². The van der Waals surface area contributed by atoms with Crippen LogP contribution in [0.2, 0.25) is 0 Å². The lowest BCUT2D eigenvalue weighted by Gasteiger charge is -2.05. The second-order valence-electron chi connectivity index (χ2n) is 4.16. The number of hydrogen-bond acceptors (Lipinski definition) is 8. The lowest BCUT2D eigenvalue weighted by atomic mass is 10.3. The van der Waals surface area contributed by atoms with Crippen LogP contribution in [0.1, 0.15) is 12.1 Å². The molecule has 0 saturated carbocycles. The first-order chi connectivity index (χ1) is 11.2. The van der Waals surface area contributed by atoms with Crippen LogP contribution < -0.4 is 11.0 Å². The van der Waals surface area contributed by atoms with Gasteiger partial charge in [0.25, 0.3) is 0 Å². The summed E-state index contributed by atoms with van der Waals surface area (Å²) >= 11 is 3.04. The number of nitrogens with zero attached hydrogens (tertiary/aromatic N) is 3. The molecule has 4 N–H and O–H groups in total. The van der Waals surface area contributed by atoms with Crippen molar-refractivity contribution in [3.8, 4) is 0 Å². The van der Waals surface area contributed by atoms with E-state index in [9.17, 15) is 9.60 Å². The third kappa shape index (κ3) is 4.69. The largest absolute Gasteiger partial charge is 0.396 e. The van der Waals surface area contributed by atoms with Crippen molar-refractivity contribution in [1.82, 2.24) is 15.8 Å². The van der Waals surface area contributed by atoms with Gasteiger partial charge in [0.05, 0.1) is 16.8 Å². The lowest BCUT2D eigenvalue weighted by molar-refractivity contribution is 0.160. The molecule has 0 bridgehead atoms. The molecule has 0 unspecified atom stereocenters. The van der Waals surface area contributed by atoms with Crippen molar-refractivity contribution in [2.45, 2.75) is 6.42 Å². The Balaban J connectivity index is 2.18. The Labute approximate surface area is 138 Å². The molecule has 0 atom stereocenters. The highest BCUT2D eigenvalue weighted by Crippen LogP contribution is 2.23. The molecule has 1 aromatic heterocycles. The van der Waals surface area contributed by atoms with E-state index in [1.807, 2.05) is 5.48 Å². The predicted molar refractivity (Wildman–Crippen MR) is 80.8 cm³/mol. The highest BCUT2D eigenvalue weighted by atomic mass is 79.9. The minimum absolute atomic E-state index is 0.0179. The molecule has 11 heteroatoms. The summed E-state index contributed by atoms with van der Waals surface area (Å²) < 4.78 is 18.0. The minimum atomic E-state index is -0.440. The summed E-state index contributed by atoms with van der Waals surface area (Å²) in [7, 11) is 0. The molecule has 23 heavy (non-hydrogen) atoms. The maximum atomic E-state index is 13.2. The number of halogens is 2. The number of amidine groups is 1. The van der Waals surface area contributed by atoms with E-state index < -0.39 is 5.82 Å². The van der Waals surface area contributed by atoms with E-state index >= 15 is 0 Å². The van der Waals surface area contributed by atoms with E-state index in [0.717, 1.165) is 0 Å². The second kappa shape index (κ2) is 8.53. The molecular formula is C12H13BrFN5O4. The number of aliphatic hydroxyl groups excluding tert-OH is 1. The van der Waals surface area contributed by atoms with Gasteiger partial charge in [-0.05, 0) is 50.9 Å². The van der Waals surface area contributed by atoms with E-state index in [1.165, 1.54) is 18.2 Å². The maximum absolute atomic E-state index is 13.2. The fraction of sp³-hybridized carbons (Fsp3) is 0.250. The molecule has 1 heterocycles. The van der Waals surface area contributed by atoms with Gasteiger partial charge in [0.2, 0.25) is 5.82 Å². The van der Waals surface area contributed by atoms with Crippen molar-refractivity contribution in [2.75, 3.05) is 18.7 Å². The molecule has 2 aromatic rings. The molecule has 0 aliphatic heterocycles. The van der Waals surface area contributed by atoms with E-state index in [0.29, 0.717) is 12.1 Å². The van der Waals surface area contributed by atoms with E-state index in [2.05, 4.69) is 41.3 Å². The molecule has 2 rings (SSSR count). The first-order valence-corrected chi connectivity index (χ1v) is 7.20. The molecule has 124 valence electrons. The summed E-state index contributed by atoms with van der Waals surface area (Å²) in [6.45, 7) is 0.211. The van der Waals surface area contributed by atoms with Crippen molar-refractivity contribution in [3.05, 3.63) is 34.2 Å². The Kier molecular flexibility index (Phi) is 6.40. The fourth-order valence-electron chi connectivity index (χ4n) is 1.48. The van der Waals surface area contributed by atoms with Crippen LogP contribution in [0.25, 0.3) is 0 Å². The van der Waals surface area contributed by atoms with Crippen LogP contribution in [-0.4, -0.2) is 39.7 Å². The maximum Gasteiger partial charge on any atom is 0.225 e. The first-order valence-electron chi connectivity index (χ1n) is 6.41. The summed E-state index contributed by atoms with van der Waals surface area (Å²) in [6.07, 6.45) is 0.427. The number of anilines is 1. The highest BCUT2D eigenvalue weighted by molar-refractivity contribution is 9.10. The number of hydrogen-bond donors (Lipinski definition) is 4. The van der Waals surface area contributed by atoms with Crippen LogP contribution in [0, 0.1) is 5.82 Å². The van der Waals surface area contributed by atoms with Crippen LogP contribution in [0.15, 0.2) is 32.3 Å². The van der Waals surface area contributed by atoms with Crippen LogP contribution in [0.3, 0.4) is 0 Å². The van der Waals surface area contributed by atoms with Crippen LogP contribution >= 0.6 is 15.9 Å². The predicted octanol–water partition coefficient (Wildman–Crippen LogP) is 1.75. The number of aliphatic imine (C=N–C) groups is 1. The standard InChI is InChI=1S/C12H13BrFN5O4/c13-8-6-7(2-3-9(8)14)15-11(16-21)10-12(19-23-17-10)18-22-5-1-4-20/h2-3,6,20-21H,1,4-5H2,(H,15,16)(H,18,19).